The molecule has 1 aromatic carbocycles. The van der Waals surface area contributed by atoms with Crippen LogP contribution in [0.4, 0.5) is 0 Å². The van der Waals surface area contributed by atoms with Gasteiger partial charge in [-0.2, -0.15) is 0 Å². The highest BCUT2D eigenvalue weighted by Crippen LogP contribution is 2.18. The van der Waals surface area contributed by atoms with Gasteiger partial charge in [0.2, 0.25) is 5.91 Å². The fraction of sp³-hybridized carbons (Fsp3) is 0.588. The second kappa shape index (κ2) is 8.91. The van der Waals surface area contributed by atoms with Gasteiger partial charge >= 0.3 is 0 Å². The zero-order chi connectivity index (χ0) is 17.5. The van der Waals surface area contributed by atoms with E-state index >= 15 is 0 Å². The summed E-state index contributed by atoms with van der Waals surface area (Å²) < 4.78 is 28.5. The number of amides is 1. The van der Waals surface area contributed by atoms with Crippen molar-refractivity contribution < 1.29 is 17.9 Å². The molecule has 0 aliphatic rings. The Morgan fingerprint density at radius 1 is 1.17 bits per heavy atom. The van der Waals surface area contributed by atoms with Crippen molar-refractivity contribution in [2.75, 3.05) is 18.1 Å². The maximum Gasteiger partial charge on any atom is 0.235 e. The van der Waals surface area contributed by atoms with Crippen LogP contribution in [-0.2, 0) is 14.6 Å². The van der Waals surface area contributed by atoms with Crippen LogP contribution >= 0.6 is 0 Å². The van der Waals surface area contributed by atoms with Crippen LogP contribution in [-0.4, -0.2) is 32.4 Å². The predicted octanol–water partition coefficient (Wildman–Crippen LogP) is 2.72. The Labute approximate surface area is 139 Å². The minimum absolute atomic E-state index is 0.0305. The van der Waals surface area contributed by atoms with Gasteiger partial charge in [-0.25, -0.2) is 8.42 Å². The van der Waals surface area contributed by atoms with E-state index in [1.807, 2.05) is 31.2 Å². The van der Waals surface area contributed by atoms with Crippen LogP contribution in [0.5, 0.6) is 5.75 Å². The van der Waals surface area contributed by atoms with Crippen molar-refractivity contribution in [2.45, 2.75) is 40.2 Å². The molecule has 1 N–H and O–H groups in total. The first-order chi connectivity index (χ1) is 10.7. The molecule has 1 atom stereocenters. The lowest BCUT2D eigenvalue weighted by atomic mass is 10.1. The van der Waals surface area contributed by atoms with Crippen molar-refractivity contribution in [2.24, 2.45) is 5.92 Å². The molecule has 0 spiro atoms. The van der Waals surface area contributed by atoms with Crippen molar-refractivity contribution in [3.05, 3.63) is 29.8 Å². The molecule has 0 aromatic heterocycles. The molecule has 6 heteroatoms. The number of rotatable bonds is 9. The van der Waals surface area contributed by atoms with Crippen molar-refractivity contribution in [1.29, 1.82) is 0 Å². The molecule has 23 heavy (non-hydrogen) atoms. The van der Waals surface area contributed by atoms with Crippen molar-refractivity contribution >= 4 is 15.7 Å². The van der Waals surface area contributed by atoms with Gasteiger partial charge in [-0.3, -0.25) is 4.79 Å². The quantitative estimate of drug-likeness (QED) is 0.749. The van der Waals surface area contributed by atoms with Crippen LogP contribution in [0.2, 0.25) is 0 Å². The lowest BCUT2D eigenvalue weighted by Gasteiger charge is -2.15. The van der Waals surface area contributed by atoms with Gasteiger partial charge in [0, 0.05) is 5.75 Å². The van der Waals surface area contributed by atoms with Gasteiger partial charge in [0.15, 0.2) is 9.84 Å². The van der Waals surface area contributed by atoms with E-state index in [0.29, 0.717) is 12.5 Å². The number of sulfone groups is 1. The Kier molecular flexibility index (Phi) is 7.55. The van der Waals surface area contributed by atoms with E-state index in [9.17, 15) is 13.2 Å². The number of hydrogen-bond acceptors (Lipinski definition) is 4. The molecule has 1 rings (SSSR count). The molecule has 0 bridgehead atoms. The van der Waals surface area contributed by atoms with Crippen LogP contribution in [0.25, 0.3) is 0 Å². The zero-order valence-electron chi connectivity index (χ0n) is 14.3. The van der Waals surface area contributed by atoms with Gasteiger partial charge in [0.25, 0.3) is 0 Å². The molecule has 1 aromatic rings. The fourth-order valence-electron chi connectivity index (χ4n) is 1.93. The third kappa shape index (κ3) is 7.50. The Bertz CT molecular complexity index is 594. The summed E-state index contributed by atoms with van der Waals surface area (Å²) in [7, 11) is -3.30. The van der Waals surface area contributed by atoms with E-state index in [1.54, 1.807) is 0 Å². The number of benzene rings is 1. The van der Waals surface area contributed by atoms with Gasteiger partial charge in [-0.15, -0.1) is 0 Å². The minimum Gasteiger partial charge on any atom is -0.494 e. The summed E-state index contributed by atoms with van der Waals surface area (Å²) in [6.45, 7) is 8.33. The zero-order valence-corrected chi connectivity index (χ0v) is 15.2. The molecular formula is C17H27NO4S. The summed E-state index contributed by atoms with van der Waals surface area (Å²) in [4.78, 5) is 11.8. The molecule has 0 radical (unpaired) electrons. The number of ether oxygens (including phenoxy) is 1. The first-order valence-electron chi connectivity index (χ1n) is 7.96. The molecule has 0 saturated heterocycles. The molecular weight excluding hydrogens is 314 g/mol. The first kappa shape index (κ1) is 19.5. The summed E-state index contributed by atoms with van der Waals surface area (Å²) in [6.07, 6.45) is 1.00. The fourth-order valence-corrected chi connectivity index (χ4v) is 2.62. The Morgan fingerprint density at radius 2 is 1.78 bits per heavy atom. The maximum absolute atomic E-state index is 11.8. The monoisotopic (exact) mass is 341 g/mol. The second-order valence-electron chi connectivity index (χ2n) is 6.07. The van der Waals surface area contributed by atoms with Gasteiger partial charge in [-0.1, -0.05) is 32.9 Å². The van der Waals surface area contributed by atoms with Crippen molar-refractivity contribution in [3.63, 3.8) is 0 Å². The topological polar surface area (TPSA) is 72.5 Å². The van der Waals surface area contributed by atoms with E-state index in [4.69, 9.17) is 4.74 Å². The van der Waals surface area contributed by atoms with Gasteiger partial charge in [0.1, 0.15) is 11.5 Å². The number of hydrogen-bond donors (Lipinski definition) is 1. The predicted molar refractivity (Wildman–Crippen MR) is 92.3 cm³/mol. The highest BCUT2D eigenvalue weighted by atomic mass is 32.2. The lowest BCUT2D eigenvalue weighted by Crippen LogP contribution is -2.32. The summed E-state index contributed by atoms with van der Waals surface area (Å²) >= 11 is 0. The van der Waals surface area contributed by atoms with Gasteiger partial charge in [0.05, 0.1) is 12.6 Å². The lowest BCUT2D eigenvalue weighted by molar-refractivity contribution is -0.119. The summed E-state index contributed by atoms with van der Waals surface area (Å²) in [6, 6.07) is 7.23. The first-order valence-corrected chi connectivity index (χ1v) is 9.78. The van der Waals surface area contributed by atoms with E-state index in [0.717, 1.165) is 17.7 Å². The average Bonchev–Trinajstić information content (AvgIpc) is 2.46. The summed E-state index contributed by atoms with van der Waals surface area (Å²) in [5.74, 6) is 0.420. The molecule has 0 fully saturated rings. The maximum atomic E-state index is 11.8. The Morgan fingerprint density at radius 3 is 2.30 bits per heavy atom. The molecule has 0 unspecified atom stereocenters. The minimum atomic E-state index is -3.30. The normalized spacial score (nSPS) is 12.9. The molecule has 5 nitrogen and oxygen atoms in total. The largest absolute Gasteiger partial charge is 0.494 e. The second-order valence-corrected chi connectivity index (χ2v) is 8.42. The van der Waals surface area contributed by atoms with Crippen LogP contribution in [0, 0.1) is 5.92 Å². The summed E-state index contributed by atoms with van der Waals surface area (Å²) in [5.41, 5.74) is 0.906. The highest BCUT2D eigenvalue weighted by molar-refractivity contribution is 7.92. The van der Waals surface area contributed by atoms with Crippen LogP contribution in [0.3, 0.4) is 0 Å². The molecule has 0 saturated carbocycles. The van der Waals surface area contributed by atoms with Crippen molar-refractivity contribution in [3.8, 4) is 5.75 Å². The van der Waals surface area contributed by atoms with Gasteiger partial charge in [-0.05, 0) is 37.0 Å². The van der Waals surface area contributed by atoms with E-state index < -0.39 is 21.5 Å². The number of carbonyl (C=O) groups is 1. The molecule has 1 amide bonds. The SMILES string of the molecule is CCS(=O)(=O)CC(=O)N[C@H](C)c1ccc(OCCC(C)C)cc1. The van der Waals surface area contributed by atoms with E-state index in [-0.39, 0.29) is 11.8 Å². The van der Waals surface area contributed by atoms with Crippen LogP contribution in [0.1, 0.15) is 45.7 Å². The van der Waals surface area contributed by atoms with Crippen LogP contribution in [0.15, 0.2) is 24.3 Å². The average molecular weight is 341 g/mol. The smallest absolute Gasteiger partial charge is 0.235 e. The van der Waals surface area contributed by atoms with Crippen molar-refractivity contribution in [1.82, 2.24) is 5.32 Å². The number of carbonyl (C=O) groups excluding carboxylic acids is 1. The molecule has 130 valence electrons. The van der Waals surface area contributed by atoms with Gasteiger partial charge < -0.3 is 10.1 Å². The van der Waals surface area contributed by atoms with E-state index in [1.165, 1.54) is 6.92 Å². The summed E-state index contributed by atoms with van der Waals surface area (Å²) in [5, 5.41) is 2.71. The Balaban J connectivity index is 2.53. The Hall–Kier alpha value is -1.56. The molecule has 0 heterocycles. The molecule has 0 aliphatic heterocycles. The third-order valence-corrected chi connectivity index (χ3v) is 5.09. The molecule has 0 aliphatic carbocycles. The third-order valence-electron chi connectivity index (χ3n) is 3.51. The standard InChI is InChI=1S/C17H27NO4S/c1-5-23(20,21)12-17(19)18-14(4)15-6-8-16(9-7-15)22-11-10-13(2)3/h6-9,13-14H,5,10-12H2,1-4H3,(H,18,19)/t14-/m1/s1. The highest BCUT2D eigenvalue weighted by Gasteiger charge is 2.16. The number of nitrogens with one attached hydrogen (secondary N) is 1. The van der Waals surface area contributed by atoms with E-state index in [2.05, 4.69) is 19.2 Å². The van der Waals surface area contributed by atoms with Crippen LogP contribution < -0.4 is 10.1 Å².